The molecule has 4 aromatic rings. The highest BCUT2D eigenvalue weighted by atomic mass is 16.5. The van der Waals surface area contributed by atoms with Crippen molar-refractivity contribution in [3.05, 3.63) is 118 Å². The summed E-state index contributed by atoms with van der Waals surface area (Å²) in [4.78, 5) is 61.8. The molecule has 4 fully saturated rings. The first kappa shape index (κ1) is 44.6. The van der Waals surface area contributed by atoms with Gasteiger partial charge in [0.1, 0.15) is 11.5 Å². The van der Waals surface area contributed by atoms with Crippen LogP contribution in [-0.4, -0.2) is 117 Å². The summed E-state index contributed by atoms with van der Waals surface area (Å²) in [5.41, 5.74) is 14.4. The molecule has 4 unspecified atom stereocenters. The van der Waals surface area contributed by atoms with Crippen LogP contribution in [0.1, 0.15) is 101 Å². The van der Waals surface area contributed by atoms with Gasteiger partial charge in [-0.05, 0) is 142 Å². The van der Waals surface area contributed by atoms with E-state index in [2.05, 4.69) is 22.8 Å². The van der Waals surface area contributed by atoms with Gasteiger partial charge in [0.25, 0.3) is 11.8 Å². The molecule has 6 amide bonds. The first-order valence-electron chi connectivity index (χ1n) is 23.8. The molecule has 10 rings (SSSR count). The maximum Gasteiger partial charge on any atom is 0.324 e. The summed E-state index contributed by atoms with van der Waals surface area (Å²) in [6, 6.07) is 22.6. The lowest BCUT2D eigenvalue weighted by Gasteiger charge is -2.70. The van der Waals surface area contributed by atoms with E-state index in [1.165, 1.54) is 15.4 Å². The minimum atomic E-state index is -1.71. The largest absolute Gasteiger partial charge is 0.493 e. The molecule has 2 saturated carbocycles. The third kappa shape index (κ3) is 8.02. The number of piperidine rings is 1. The summed E-state index contributed by atoms with van der Waals surface area (Å²) in [7, 11) is 0. The number of anilines is 2. The number of aliphatic hydroxyl groups is 2. The van der Waals surface area contributed by atoms with E-state index in [1.807, 2.05) is 34.1 Å². The quantitative estimate of drug-likeness (QED) is 0.143. The van der Waals surface area contributed by atoms with Crippen molar-refractivity contribution in [3.8, 4) is 11.5 Å². The number of amides is 6. The molecule has 1 spiro atoms. The van der Waals surface area contributed by atoms with Crippen LogP contribution >= 0.6 is 0 Å². The molecule has 0 aromatic heterocycles. The van der Waals surface area contributed by atoms with Crippen LogP contribution in [0.3, 0.4) is 0 Å². The van der Waals surface area contributed by atoms with Crippen LogP contribution in [0, 0.1) is 0 Å². The summed E-state index contributed by atoms with van der Waals surface area (Å²) in [5, 5.41) is 29.9. The van der Waals surface area contributed by atoms with Gasteiger partial charge < -0.3 is 51.6 Å². The van der Waals surface area contributed by atoms with Crippen LogP contribution in [0.25, 0.3) is 0 Å². The molecule has 4 aromatic carbocycles. The van der Waals surface area contributed by atoms with Gasteiger partial charge in [0, 0.05) is 72.7 Å². The molecule has 2 saturated heterocycles. The first-order chi connectivity index (χ1) is 32.4. The van der Waals surface area contributed by atoms with E-state index in [0.29, 0.717) is 87.8 Å². The number of piperazine rings is 1. The number of carbonyl (C=O) groups excluding carboxylic acids is 4. The van der Waals surface area contributed by atoms with Gasteiger partial charge in [0.05, 0.1) is 25.3 Å². The zero-order valence-corrected chi connectivity index (χ0v) is 37.8. The minimum absolute atomic E-state index is 0.0950. The molecule has 6 aliphatic rings. The number of aryl methyl sites for hydroxylation is 1. The van der Waals surface area contributed by atoms with Crippen molar-refractivity contribution in [1.29, 1.82) is 0 Å². The number of nitrogens with zero attached hydrogens (tertiary/aromatic N) is 4. The standard InChI is InChI=1S/C51H60N8O8/c52-30-33-5-15-41-37(28-33)4-3-24-56(23-1-2-27-66-41)45(60)35-7-11-38(12-8-35)54-47(62)58-43-17-20-51(43,65)59(44-18-19-50(44,58)64)48(63)55-39-13-9-36(10-14-39)46(61)57-25-21-49(22-26-57)32-67-42-16-6-34(31-53)29-40(42)49/h5-16,28-29,43-44,64-65H,1-4,17-27,30-32,52-53H2,(H,54,62)(H,55,63). The smallest absolute Gasteiger partial charge is 0.324 e. The summed E-state index contributed by atoms with van der Waals surface area (Å²) in [5.74, 6) is 1.57. The van der Waals surface area contributed by atoms with Crippen LogP contribution in [0.5, 0.6) is 11.5 Å². The predicted molar refractivity (Wildman–Crippen MR) is 250 cm³/mol. The predicted octanol–water partition coefficient (Wildman–Crippen LogP) is 5.50. The Morgan fingerprint density at radius 1 is 0.612 bits per heavy atom. The second-order valence-electron chi connectivity index (χ2n) is 19.1. The Labute approximate surface area is 390 Å². The monoisotopic (exact) mass is 912 g/mol. The van der Waals surface area contributed by atoms with Gasteiger partial charge in [-0.15, -0.1) is 0 Å². The summed E-state index contributed by atoms with van der Waals surface area (Å²) in [6.45, 7) is 4.39. The number of nitrogens with two attached hydrogens (primary N) is 2. The van der Waals surface area contributed by atoms with Crippen LogP contribution in [0.4, 0.5) is 21.0 Å². The van der Waals surface area contributed by atoms with E-state index in [9.17, 15) is 29.4 Å². The molecule has 352 valence electrons. The number of nitrogens with one attached hydrogen (secondary N) is 2. The minimum Gasteiger partial charge on any atom is -0.493 e. The number of benzene rings is 4. The van der Waals surface area contributed by atoms with Crippen molar-refractivity contribution >= 4 is 35.3 Å². The lowest BCUT2D eigenvalue weighted by atomic mass is 9.67. The summed E-state index contributed by atoms with van der Waals surface area (Å²) >= 11 is 0. The van der Waals surface area contributed by atoms with Crippen molar-refractivity contribution < 1.29 is 38.9 Å². The average molecular weight is 913 g/mol. The number of hydrogen-bond acceptors (Lipinski definition) is 10. The molecular weight excluding hydrogens is 853 g/mol. The first-order valence-corrected chi connectivity index (χ1v) is 23.8. The van der Waals surface area contributed by atoms with Crippen LogP contribution in [0.2, 0.25) is 0 Å². The van der Waals surface area contributed by atoms with E-state index in [0.717, 1.165) is 66.7 Å². The fourth-order valence-corrected chi connectivity index (χ4v) is 11.1. The maximum atomic E-state index is 14.0. The fraction of sp³-hybridized carbons (Fsp3) is 0.451. The Hall–Kier alpha value is -6.20. The Kier molecular flexibility index (Phi) is 11.9. The molecule has 16 heteroatoms. The van der Waals surface area contributed by atoms with Gasteiger partial charge in [-0.2, -0.15) is 0 Å². The normalized spacial score (nSPS) is 25.1. The van der Waals surface area contributed by atoms with Crippen LogP contribution in [0.15, 0.2) is 84.9 Å². The van der Waals surface area contributed by atoms with Crippen molar-refractivity contribution in [1.82, 2.24) is 19.6 Å². The molecule has 4 aliphatic heterocycles. The average Bonchev–Trinajstić information content (AvgIpc) is 3.66. The van der Waals surface area contributed by atoms with Crippen LogP contribution in [-0.2, 0) is 24.9 Å². The highest BCUT2D eigenvalue weighted by molar-refractivity contribution is 5.97. The molecule has 0 bridgehead atoms. The van der Waals surface area contributed by atoms with Gasteiger partial charge in [-0.3, -0.25) is 19.4 Å². The summed E-state index contributed by atoms with van der Waals surface area (Å²) < 4.78 is 12.1. The van der Waals surface area contributed by atoms with E-state index in [1.54, 1.807) is 48.5 Å². The van der Waals surface area contributed by atoms with E-state index < -0.39 is 35.6 Å². The second-order valence-corrected chi connectivity index (χ2v) is 19.1. The van der Waals surface area contributed by atoms with Crippen molar-refractivity contribution in [2.24, 2.45) is 11.5 Å². The number of rotatable bonds is 6. The summed E-state index contributed by atoms with van der Waals surface area (Å²) in [6.07, 6.45) is 5.86. The lowest BCUT2D eigenvalue weighted by Crippen LogP contribution is -2.88. The molecular formula is C51H60N8O8. The highest BCUT2D eigenvalue weighted by Crippen LogP contribution is 2.55. The number of urea groups is 2. The maximum absolute atomic E-state index is 14.0. The van der Waals surface area contributed by atoms with Crippen molar-refractivity contribution in [2.75, 3.05) is 50.0 Å². The topological polar surface area (TPSA) is 216 Å². The fourth-order valence-electron chi connectivity index (χ4n) is 11.1. The van der Waals surface area contributed by atoms with Gasteiger partial charge in [0.15, 0.2) is 11.4 Å². The van der Waals surface area contributed by atoms with Gasteiger partial charge >= 0.3 is 12.1 Å². The Balaban J connectivity index is 0.750. The van der Waals surface area contributed by atoms with Crippen molar-refractivity contribution in [2.45, 2.75) is 106 Å². The molecule has 8 N–H and O–H groups in total. The van der Waals surface area contributed by atoms with Gasteiger partial charge in [0.2, 0.25) is 0 Å². The van der Waals surface area contributed by atoms with Crippen LogP contribution < -0.4 is 31.6 Å². The van der Waals surface area contributed by atoms with E-state index in [-0.39, 0.29) is 30.1 Å². The number of carbonyl (C=O) groups is 4. The molecule has 16 nitrogen and oxygen atoms in total. The third-order valence-electron chi connectivity index (χ3n) is 15.3. The molecule has 2 aliphatic carbocycles. The van der Waals surface area contributed by atoms with Gasteiger partial charge in [-0.1, -0.05) is 24.3 Å². The third-order valence-corrected chi connectivity index (χ3v) is 15.3. The SMILES string of the molecule is NCc1ccc2c(c1)CCCN(C(=O)c1ccc(NC(=O)N3C4CCC4(O)N(C(=O)Nc4ccc(C(=O)N5CCC6(CC5)COc5ccc(CN)cc56)cc4)C4CCC43O)cc1)CCCCO2. The number of likely N-dealkylation sites (tertiary alicyclic amines) is 1. The lowest BCUT2D eigenvalue weighted by molar-refractivity contribution is -0.331. The van der Waals surface area contributed by atoms with E-state index >= 15 is 0 Å². The van der Waals surface area contributed by atoms with Gasteiger partial charge in [-0.25, -0.2) is 9.59 Å². The number of hydrogen-bond donors (Lipinski definition) is 6. The molecule has 0 radical (unpaired) electrons. The second kappa shape index (κ2) is 17.8. The highest BCUT2D eigenvalue weighted by Gasteiger charge is 2.72. The Morgan fingerprint density at radius 2 is 1.13 bits per heavy atom. The molecule has 67 heavy (non-hydrogen) atoms. The molecule has 4 heterocycles. The Morgan fingerprint density at radius 3 is 1.67 bits per heavy atom. The zero-order valence-electron chi connectivity index (χ0n) is 37.8. The molecule has 4 atom stereocenters. The Bertz CT molecular complexity index is 2550. The van der Waals surface area contributed by atoms with Crippen molar-refractivity contribution in [3.63, 3.8) is 0 Å². The number of fused-ring (bicyclic) bond motifs is 5. The zero-order chi connectivity index (χ0) is 46.5. The van der Waals surface area contributed by atoms with E-state index in [4.69, 9.17) is 20.9 Å². The number of ether oxygens (including phenoxy) is 2.